The lowest BCUT2D eigenvalue weighted by molar-refractivity contribution is -0.392. The first-order valence-electron chi connectivity index (χ1n) is 5.40. The van der Waals surface area contributed by atoms with Crippen molar-refractivity contribution < 1.29 is 4.92 Å². The Morgan fingerprint density at radius 1 is 1.50 bits per heavy atom. The van der Waals surface area contributed by atoms with Crippen LogP contribution in [0.25, 0.3) is 10.2 Å². The Labute approximate surface area is 120 Å². The van der Waals surface area contributed by atoms with Gasteiger partial charge in [0.25, 0.3) is 0 Å². The van der Waals surface area contributed by atoms with Crippen molar-refractivity contribution in [2.45, 2.75) is 10.2 Å². The minimum atomic E-state index is -0.532. The highest BCUT2D eigenvalue weighted by Gasteiger charge is 2.22. The largest absolute Gasteiger partial charge is 0.396 e. The predicted molar refractivity (Wildman–Crippen MR) is 75.8 cm³/mol. The Bertz CT molecular complexity index is 811. The number of fused-ring (bicyclic) bond motifs is 1. The molecule has 0 aliphatic rings. The van der Waals surface area contributed by atoms with Crippen LogP contribution in [0.2, 0.25) is 0 Å². The van der Waals surface area contributed by atoms with E-state index in [-0.39, 0.29) is 5.82 Å². The lowest BCUT2D eigenvalue weighted by atomic mass is 10.4. The lowest BCUT2D eigenvalue weighted by Gasteiger charge is -2.02. The molecule has 0 aromatic carbocycles. The van der Waals surface area contributed by atoms with Gasteiger partial charge in [0.2, 0.25) is 6.33 Å². The fourth-order valence-electron chi connectivity index (χ4n) is 1.64. The van der Waals surface area contributed by atoms with E-state index in [9.17, 15) is 10.1 Å². The van der Waals surface area contributed by atoms with Crippen LogP contribution in [0, 0.1) is 10.1 Å². The number of hydrogen-bond acceptors (Lipinski definition) is 8. The van der Waals surface area contributed by atoms with Gasteiger partial charge < -0.3 is 20.4 Å². The maximum Gasteiger partial charge on any atom is 0.396 e. The van der Waals surface area contributed by atoms with Crippen molar-refractivity contribution in [3.63, 3.8) is 0 Å². The van der Waals surface area contributed by atoms with E-state index in [4.69, 9.17) is 5.73 Å². The lowest BCUT2D eigenvalue weighted by Crippen LogP contribution is -1.97. The molecular formula is C10H8N6O2S2. The van der Waals surface area contributed by atoms with Crippen LogP contribution in [0.3, 0.4) is 0 Å². The molecule has 0 bridgehead atoms. The second-order valence-corrected chi connectivity index (χ2v) is 5.72. The standard InChI is InChI=1S/C10H8N6O2S2/c1-15-4-12-7(16(17)18)9(15)20-10-13-6(11)5-2-3-19-8(5)14-10/h2-4H,1H3,(H2,11,13,14). The Balaban J connectivity index is 2.05. The number of aryl methyl sites for hydroxylation is 1. The second kappa shape index (κ2) is 4.72. The molecule has 3 aromatic rings. The van der Waals surface area contributed by atoms with E-state index in [0.29, 0.717) is 16.0 Å². The van der Waals surface area contributed by atoms with E-state index in [0.717, 1.165) is 22.0 Å². The zero-order valence-electron chi connectivity index (χ0n) is 10.2. The van der Waals surface area contributed by atoms with Gasteiger partial charge in [-0.1, -0.05) is 0 Å². The van der Waals surface area contributed by atoms with Gasteiger partial charge in [0.1, 0.15) is 10.6 Å². The molecule has 20 heavy (non-hydrogen) atoms. The number of imidazole rings is 1. The Morgan fingerprint density at radius 2 is 2.30 bits per heavy atom. The molecule has 3 heterocycles. The number of rotatable bonds is 3. The number of nitrogens with two attached hydrogens (primary N) is 1. The van der Waals surface area contributed by atoms with Gasteiger partial charge in [-0.25, -0.2) is 9.97 Å². The van der Waals surface area contributed by atoms with Crippen LogP contribution < -0.4 is 5.73 Å². The average Bonchev–Trinajstić information content (AvgIpc) is 2.98. The first kappa shape index (κ1) is 12.8. The van der Waals surface area contributed by atoms with E-state index < -0.39 is 4.92 Å². The molecule has 0 atom stereocenters. The minimum Gasteiger partial charge on any atom is -0.383 e. The monoisotopic (exact) mass is 308 g/mol. The molecule has 0 saturated heterocycles. The summed E-state index contributed by atoms with van der Waals surface area (Å²) in [5.74, 6) is 0.148. The SMILES string of the molecule is Cn1cnc([N+](=O)[O-])c1Sc1nc(N)c2ccsc2n1. The van der Waals surface area contributed by atoms with Gasteiger partial charge in [0.15, 0.2) is 10.2 Å². The highest BCUT2D eigenvalue weighted by atomic mass is 32.2. The zero-order chi connectivity index (χ0) is 14.3. The fraction of sp³-hybridized carbons (Fsp3) is 0.100. The van der Waals surface area contributed by atoms with Gasteiger partial charge in [-0.3, -0.25) is 0 Å². The second-order valence-electron chi connectivity index (χ2n) is 3.87. The highest BCUT2D eigenvalue weighted by molar-refractivity contribution is 7.99. The van der Waals surface area contributed by atoms with Gasteiger partial charge in [0, 0.05) is 7.05 Å². The summed E-state index contributed by atoms with van der Waals surface area (Å²) in [5, 5.41) is 14.3. The molecule has 2 N–H and O–H groups in total. The number of nitro groups is 1. The van der Waals surface area contributed by atoms with Crippen LogP contribution in [0.4, 0.5) is 11.6 Å². The molecule has 3 rings (SSSR count). The Morgan fingerprint density at radius 3 is 3.05 bits per heavy atom. The summed E-state index contributed by atoms with van der Waals surface area (Å²) in [6, 6.07) is 1.84. The van der Waals surface area contributed by atoms with Crippen molar-refractivity contribution in [3.8, 4) is 0 Å². The molecule has 102 valence electrons. The van der Waals surface area contributed by atoms with E-state index in [1.165, 1.54) is 17.7 Å². The molecule has 0 radical (unpaired) electrons. The molecule has 0 spiro atoms. The van der Waals surface area contributed by atoms with E-state index in [1.807, 2.05) is 11.4 Å². The molecule has 0 saturated carbocycles. The molecule has 0 aliphatic carbocycles. The van der Waals surface area contributed by atoms with Gasteiger partial charge >= 0.3 is 5.82 Å². The molecule has 10 heteroatoms. The summed E-state index contributed by atoms with van der Waals surface area (Å²) < 4.78 is 1.56. The van der Waals surface area contributed by atoms with Crippen LogP contribution >= 0.6 is 23.1 Å². The molecule has 8 nitrogen and oxygen atoms in total. The highest BCUT2D eigenvalue weighted by Crippen LogP contribution is 2.34. The molecule has 3 aromatic heterocycles. The third kappa shape index (κ3) is 2.08. The average molecular weight is 308 g/mol. The molecular weight excluding hydrogens is 300 g/mol. The molecule has 0 amide bonds. The molecule has 0 unspecified atom stereocenters. The first-order valence-corrected chi connectivity index (χ1v) is 7.10. The maximum atomic E-state index is 10.9. The van der Waals surface area contributed by atoms with Crippen molar-refractivity contribution >= 4 is 45.0 Å². The van der Waals surface area contributed by atoms with Gasteiger partial charge in [-0.15, -0.1) is 11.3 Å². The third-order valence-electron chi connectivity index (χ3n) is 2.56. The molecule has 0 fully saturated rings. The third-order valence-corrected chi connectivity index (χ3v) is 4.40. The van der Waals surface area contributed by atoms with Crippen molar-refractivity contribution in [3.05, 3.63) is 27.9 Å². The Kier molecular flexibility index (Phi) is 3.03. The van der Waals surface area contributed by atoms with Crippen LogP contribution in [0.1, 0.15) is 0 Å². The van der Waals surface area contributed by atoms with Crippen LogP contribution in [0.5, 0.6) is 0 Å². The maximum absolute atomic E-state index is 10.9. The summed E-state index contributed by atoms with van der Waals surface area (Å²) in [6.45, 7) is 0. The van der Waals surface area contributed by atoms with Crippen LogP contribution in [-0.4, -0.2) is 24.4 Å². The smallest absolute Gasteiger partial charge is 0.383 e. The predicted octanol–water partition coefficient (Wildman–Crippen LogP) is 2.07. The number of nitrogens with zero attached hydrogens (tertiary/aromatic N) is 5. The quantitative estimate of drug-likeness (QED) is 0.447. The van der Waals surface area contributed by atoms with Gasteiger partial charge in [-0.2, -0.15) is 0 Å². The fourth-order valence-corrected chi connectivity index (χ4v) is 3.33. The summed E-state index contributed by atoms with van der Waals surface area (Å²) in [7, 11) is 1.68. The number of anilines is 1. The van der Waals surface area contributed by atoms with E-state index >= 15 is 0 Å². The first-order chi connectivity index (χ1) is 9.56. The Hall–Kier alpha value is -2.20. The van der Waals surface area contributed by atoms with Crippen LogP contribution in [0.15, 0.2) is 28.0 Å². The van der Waals surface area contributed by atoms with E-state index in [1.54, 1.807) is 11.6 Å². The van der Waals surface area contributed by atoms with Crippen molar-refractivity contribution in [1.82, 2.24) is 19.5 Å². The van der Waals surface area contributed by atoms with Gasteiger partial charge in [0.05, 0.1) is 5.39 Å². The van der Waals surface area contributed by atoms with Crippen molar-refractivity contribution in [2.75, 3.05) is 5.73 Å². The van der Waals surface area contributed by atoms with Crippen molar-refractivity contribution in [1.29, 1.82) is 0 Å². The van der Waals surface area contributed by atoms with E-state index in [2.05, 4.69) is 15.0 Å². The summed E-state index contributed by atoms with van der Waals surface area (Å²) in [6.07, 6.45) is 1.38. The van der Waals surface area contributed by atoms with Gasteiger partial charge in [-0.05, 0) is 33.1 Å². The normalized spacial score (nSPS) is 11.1. The minimum absolute atomic E-state index is 0.217. The zero-order valence-corrected chi connectivity index (χ0v) is 11.8. The number of nitrogen functional groups attached to an aromatic ring is 1. The summed E-state index contributed by atoms with van der Waals surface area (Å²) >= 11 is 2.51. The summed E-state index contributed by atoms with van der Waals surface area (Å²) in [5.41, 5.74) is 5.85. The number of hydrogen-bond donors (Lipinski definition) is 1. The number of thiophene rings is 1. The molecule has 0 aliphatic heterocycles. The van der Waals surface area contributed by atoms with Crippen molar-refractivity contribution in [2.24, 2.45) is 7.05 Å². The topological polar surface area (TPSA) is 113 Å². The number of aromatic nitrogens is 4. The van der Waals surface area contributed by atoms with Crippen LogP contribution in [-0.2, 0) is 7.05 Å². The summed E-state index contributed by atoms with van der Waals surface area (Å²) in [4.78, 5) is 23.4.